The molecule has 7 nitrogen and oxygen atoms in total. The van der Waals surface area contributed by atoms with Gasteiger partial charge in [-0.05, 0) is 73.2 Å². The van der Waals surface area contributed by atoms with Gasteiger partial charge in [-0.3, -0.25) is 10.1 Å². The molecular formula is C24H18ClF2N3O4. The number of alkyl halides is 2. The lowest BCUT2D eigenvalue weighted by Crippen LogP contribution is -2.13. The Balaban J connectivity index is 1.38. The van der Waals surface area contributed by atoms with Crippen molar-refractivity contribution < 1.29 is 27.5 Å². The van der Waals surface area contributed by atoms with Crippen LogP contribution in [0, 0.1) is 6.92 Å². The SMILES string of the molecule is Cc1cc(OCc2ccc(C(=O)Nc3nccc(-c4ccc(OC(F)F)cc4)n3)o2)ccc1Cl. The van der Waals surface area contributed by atoms with Crippen molar-refractivity contribution in [1.29, 1.82) is 0 Å². The number of nitrogens with one attached hydrogen (secondary N) is 1. The van der Waals surface area contributed by atoms with Crippen molar-refractivity contribution in [1.82, 2.24) is 9.97 Å². The zero-order valence-corrected chi connectivity index (χ0v) is 18.6. The van der Waals surface area contributed by atoms with Gasteiger partial charge in [0.1, 0.15) is 23.9 Å². The van der Waals surface area contributed by atoms with Crippen molar-refractivity contribution in [2.24, 2.45) is 0 Å². The molecule has 0 aliphatic carbocycles. The highest BCUT2D eigenvalue weighted by molar-refractivity contribution is 6.31. The maximum absolute atomic E-state index is 12.6. The lowest BCUT2D eigenvalue weighted by Gasteiger charge is -2.07. The van der Waals surface area contributed by atoms with E-state index in [1.165, 1.54) is 24.4 Å². The van der Waals surface area contributed by atoms with Crippen LogP contribution in [-0.4, -0.2) is 22.5 Å². The molecule has 0 bridgehead atoms. The molecule has 0 spiro atoms. The average molecular weight is 486 g/mol. The molecule has 4 rings (SSSR count). The molecule has 0 unspecified atom stereocenters. The van der Waals surface area contributed by atoms with Crippen molar-refractivity contribution >= 4 is 23.5 Å². The number of aryl methyl sites for hydroxylation is 1. The van der Waals surface area contributed by atoms with Crippen LogP contribution >= 0.6 is 11.6 Å². The minimum atomic E-state index is -2.90. The molecule has 4 aromatic rings. The van der Waals surface area contributed by atoms with Crippen molar-refractivity contribution in [3.8, 4) is 22.8 Å². The minimum absolute atomic E-state index is 0.0325. The second-order valence-corrected chi connectivity index (χ2v) is 7.50. The second kappa shape index (κ2) is 10.3. The average Bonchev–Trinajstić information content (AvgIpc) is 3.29. The van der Waals surface area contributed by atoms with Gasteiger partial charge in [-0.15, -0.1) is 0 Å². The summed E-state index contributed by atoms with van der Waals surface area (Å²) >= 11 is 6.01. The maximum atomic E-state index is 12.6. The van der Waals surface area contributed by atoms with E-state index >= 15 is 0 Å². The van der Waals surface area contributed by atoms with Gasteiger partial charge in [0.05, 0.1) is 5.69 Å². The molecule has 0 saturated carbocycles. The number of hydrogen-bond donors (Lipinski definition) is 1. The molecule has 0 fully saturated rings. The highest BCUT2D eigenvalue weighted by atomic mass is 35.5. The van der Waals surface area contributed by atoms with Gasteiger partial charge in [-0.2, -0.15) is 8.78 Å². The van der Waals surface area contributed by atoms with Crippen LogP contribution in [0.4, 0.5) is 14.7 Å². The molecule has 1 amide bonds. The third kappa shape index (κ3) is 5.87. The van der Waals surface area contributed by atoms with Crippen molar-refractivity contribution in [3.63, 3.8) is 0 Å². The number of rotatable bonds is 8. The summed E-state index contributed by atoms with van der Waals surface area (Å²) < 4.78 is 40.2. The van der Waals surface area contributed by atoms with E-state index in [1.807, 2.05) is 13.0 Å². The summed E-state index contributed by atoms with van der Waals surface area (Å²) in [5, 5.41) is 3.22. The number of furan rings is 1. The number of hydrogen-bond acceptors (Lipinski definition) is 6. The van der Waals surface area contributed by atoms with E-state index < -0.39 is 12.5 Å². The third-order valence-corrected chi connectivity index (χ3v) is 5.08. The van der Waals surface area contributed by atoms with Crippen LogP contribution in [-0.2, 0) is 6.61 Å². The number of aromatic nitrogens is 2. The summed E-state index contributed by atoms with van der Waals surface area (Å²) in [6.07, 6.45) is 1.47. The monoisotopic (exact) mass is 485 g/mol. The Morgan fingerprint density at radius 2 is 1.85 bits per heavy atom. The maximum Gasteiger partial charge on any atom is 0.387 e. The standard InChI is InChI=1S/C24H18ClF2N3O4/c1-14-12-17(6-8-19(14)25)32-13-18-7-9-21(33-18)22(31)30-24-28-11-10-20(29-24)15-2-4-16(5-3-15)34-23(26)27/h2-12,23H,13H2,1H3,(H,28,29,30,31). The Bertz CT molecular complexity index is 1300. The predicted octanol–water partition coefficient (Wildman–Crippen LogP) is 6.13. The lowest BCUT2D eigenvalue weighted by atomic mass is 10.1. The van der Waals surface area contributed by atoms with Gasteiger partial charge in [-0.25, -0.2) is 9.97 Å². The summed E-state index contributed by atoms with van der Waals surface area (Å²) in [4.78, 5) is 20.9. The topological polar surface area (TPSA) is 86.5 Å². The van der Waals surface area contributed by atoms with Gasteiger partial charge >= 0.3 is 6.61 Å². The number of benzene rings is 2. The van der Waals surface area contributed by atoms with E-state index in [0.717, 1.165) is 5.56 Å². The van der Waals surface area contributed by atoms with Crippen LogP contribution in [0.2, 0.25) is 5.02 Å². The number of ether oxygens (including phenoxy) is 2. The molecule has 174 valence electrons. The van der Waals surface area contributed by atoms with Gasteiger partial charge in [0, 0.05) is 16.8 Å². The molecule has 10 heteroatoms. The molecule has 0 saturated heterocycles. The zero-order chi connectivity index (χ0) is 24.1. The Morgan fingerprint density at radius 3 is 2.59 bits per heavy atom. The summed E-state index contributed by atoms with van der Waals surface area (Å²) in [7, 11) is 0. The van der Waals surface area contributed by atoms with Gasteiger partial charge < -0.3 is 13.9 Å². The summed E-state index contributed by atoms with van der Waals surface area (Å²) in [6.45, 7) is -0.897. The fraction of sp³-hybridized carbons (Fsp3) is 0.125. The second-order valence-electron chi connectivity index (χ2n) is 7.09. The minimum Gasteiger partial charge on any atom is -0.486 e. The molecule has 2 aromatic heterocycles. The van der Waals surface area contributed by atoms with E-state index in [0.29, 0.717) is 27.8 Å². The van der Waals surface area contributed by atoms with Gasteiger partial charge in [0.15, 0.2) is 5.76 Å². The first-order chi connectivity index (χ1) is 16.4. The summed E-state index contributed by atoms with van der Waals surface area (Å²) in [5.74, 6) is 0.702. The molecular weight excluding hydrogens is 468 g/mol. The summed E-state index contributed by atoms with van der Waals surface area (Å²) in [5.41, 5.74) is 2.01. The summed E-state index contributed by atoms with van der Waals surface area (Å²) in [6, 6.07) is 16.0. The van der Waals surface area contributed by atoms with Crippen LogP contribution in [0.15, 0.2) is 71.3 Å². The van der Waals surface area contributed by atoms with Crippen LogP contribution in [0.25, 0.3) is 11.3 Å². The zero-order valence-electron chi connectivity index (χ0n) is 17.8. The van der Waals surface area contributed by atoms with E-state index in [1.54, 1.807) is 36.4 Å². The van der Waals surface area contributed by atoms with Crippen molar-refractivity contribution in [2.45, 2.75) is 20.1 Å². The molecule has 0 atom stereocenters. The Morgan fingerprint density at radius 1 is 1.09 bits per heavy atom. The third-order valence-electron chi connectivity index (χ3n) is 4.65. The van der Waals surface area contributed by atoms with Gasteiger partial charge in [-0.1, -0.05) is 11.6 Å². The van der Waals surface area contributed by atoms with E-state index in [2.05, 4.69) is 20.0 Å². The molecule has 0 radical (unpaired) electrons. The highest BCUT2D eigenvalue weighted by Gasteiger charge is 2.14. The predicted molar refractivity (Wildman–Crippen MR) is 121 cm³/mol. The smallest absolute Gasteiger partial charge is 0.387 e. The fourth-order valence-electron chi connectivity index (χ4n) is 2.99. The van der Waals surface area contributed by atoms with E-state index in [4.69, 9.17) is 20.8 Å². The van der Waals surface area contributed by atoms with Crippen LogP contribution in [0.3, 0.4) is 0 Å². The van der Waals surface area contributed by atoms with Gasteiger partial charge in [0.25, 0.3) is 5.91 Å². The number of carbonyl (C=O) groups is 1. The molecule has 0 aliphatic rings. The molecule has 34 heavy (non-hydrogen) atoms. The first kappa shape index (κ1) is 23.2. The van der Waals surface area contributed by atoms with Crippen LogP contribution < -0.4 is 14.8 Å². The number of carbonyl (C=O) groups excluding carboxylic acids is 1. The lowest BCUT2D eigenvalue weighted by molar-refractivity contribution is -0.0498. The number of nitrogens with zero attached hydrogens (tertiary/aromatic N) is 2. The molecule has 2 aromatic carbocycles. The Labute approximate surface area is 198 Å². The number of halogens is 3. The van der Waals surface area contributed by atoms with Crippen molar-refractivity contribution in [3.05, 3.63) is 89.0 Å². The quantitative estimate of drug-likeness (QED) is 0.323. The normalized spacial score (nSPS) is 10.9. The number of anilines is 1. The van der Waals surface area contributed by atoms with E-state index in [-0.39, 0.29) is 24.1 Å². The highest BCUT2D eigenvalue weighted by Crippen LogP contribution is 2.24. The molecule has 2 heterocycles. The molecule has 0 aliphatic heterocycles. The molecule has 1 N–H and O–H groups in total. The number of amides is 1. The van der Waals surface area contributed by atoms with Gasteiger partial charge in [0.2, 0.25) is 5.95 Å². The Kier molecular flexibility index (Phi) is 7.03. The Hall–Kier alpha value is -3.98. The largest absolute Gasteiger partial charge is 0.486 e. The van der Waals surface area contributed by atoms with Crippen LogP contribution in [0.1, 0.15) is 21.9 Å². The first-order valence-electron chi connectivity index (χ1n) is 10.0. The van der Waals surface area contributed by atoms with Crippen molar-refractivity contribution in [2.75, 3.05) is 5.32 Å². The fourth-order valence-corrected chi connectivity index (χ4v) is 3.11. The van der Waals surface area contributed by atoms with E-state index in [9.17, 15) is 13.6 Å². The van der Waals surface area contributed by atoms with Crippen LogP contribution in [0.5, 0.6) is 11.5 Å². The first-order valence-corrected chi connectivity index (χ1v) is 10.4.